The van der Waals surface area contributed by atoms with E-state index < -0.39 is 10.0 Å². The first-order valence-corrected chi connectivity index (χ1v) is 12.0. The lowest BCUT2D eigenvalue weighted by molar-refractivity contribution is -0.113. The minimum atomic E-state index is -3.75. The first kappa shape index (κ1) is 19.3. The molecule has 1 aromatic carbocycles. The van der Waals surface area contributed by atoms with Crippen molar-refractivity contribution < 1.29 is 13.2 Å². The summed E-state index contributed by atoms with van der Waals surface area (Å²) in [6.45, 7) is 1.86. The third-order valence-electron chi connectivity index (χ3n) is 4.45. The lowest BCUT2D eigenvalue weighted by Crippen LogP contribution is -2.15. The third kappa shape index (κ3) is 3.90. The number of thioether (sulfide) groups is 1. The van der Waals surface area contributed by atoms with Gasteiger partial charge in [-0.15, -0.1) is 11.3 Å². The summed E-state index contributed by atoms with van der Waals surface area (Å²) in [6, 6.07) is 5.76. The fourth-order valence-electron chi connectivity index (χ4n) is 3.23. The van der Waals surface area contributed by atoms with Gasteiger partial charge in [0.15, 0.2) is 0 Å². The molecule has 0 atom stereocenters. The Morgan fingerprint density at radius 1 is 1.25 bits per heavy atom. The van der Waals surface area contributed by atoms with Crippen molar-refractivity contribution in [3.05, 3.63) is 40.5 Å². The SMILES string of the molecule is Cc1nc(SCC(=O)Nc2ccc(S(N)(=O)=O)cc2)c2c3c(sc2n1)CCC3. The van der Waals surface area contributed by atoms with Crippen LogP contribution < -0.4 is 10.5 Å². The van der Waals surface area contributed by atoms with Gasteiger partial charge in [0.25, 0.3) is 0 Å². The summed E-state index contributed by atoms with van der Waals surface area (Å²) in [5, 5.41) is 9.79. The number of hydrogen-bond donors (Lipinski definition) is 2. The minimum Gasteiger partial charge on any atom is -0.325 e. The molecular formula is C18H18N4O3S3. The zero-order valence-corrected chi connectivity index (χ0v) is 17.5. The van der Waals surface area contributed by atoms with Crippen LogP contribution in [0, 0.1) is 6.92 Å². The average molecular weight is 435 g/mol. The molecule has 0 bridgehead atoms. The molecular weight excluding hydrogens is 416 g/mol. The van der Waals surface area contributed by atoms with E-state index in [1.54, 1.807) is 11.3 Å². The Balaban J connectivity index is 1.48. The predicted octanol–water partition coefficient (Wildman–Crippen LogP) is 2.87. The van der Waals surface area contributed by atoms with E-state index in [4.69, 9.17) is 5.14 Å². The predicted molar refractivity (Wildman–Crippen MR) is 111 cm³/mol. The number of hydrogen-bond acceptors (Lipinski definition) is 7. The van der Waals surface area contributed by atoms with E-state index in [1.165, 1.54) is 46.5 Å². The third-order valence-corrected chi connectivity index (χ3v) is 7.54. The van der Waals surface area contributed by atoms with Crippen molar-refractivity contribution in [2.24, 2.45) is 5.14 Å². The van der Waals surface area contributed by atoms with Crippen molar-refractivity contribution >= 4 is 54.9 Å². The number of aryl methyl sites for hydroxylation is 3. The number of carbonyl (C=O) groups is 1. The molecule has 3 N–H and O–H groups in total. The molecule has 2 aromatic heterocycles. The standard InChI is InChI=1S/C18H18N4O3S3/c1-10-20-17(16-13-3-2-4-14(13)27-18(16)21-10)26-9-15(23)22-11-5-7-12(8-6-11)28(19,24)25/h5-8H,2-4,9H2,1H3,(H,22,23)(H2,19,24,25). The van der Waals surface area contributed by atoms with Gasteiger partial charge in [-0.3, -0.25) is 4.79 Å². The molecule has 1 amide bonds. The van der Waals surface area contributed by atoms with E-state index in [1.807, 2.05) is 6.92 Å². The molecule has 0 spiro atoms. The molecule has 0 saturated carbocycles. The van der Waals surface area contributed by atoms with E-state index in [2.05, 4.69) is 15.3 Å². The van der Waals surface area contributed by atoms with Gasteiger partial charge in [0.1, 0.15) is 15.7 Å². The van der Waals surface area contributed by atoms with Gasteiger partial charge in [-0.05, 0) is 56.0 Å². The number of nitrogens with two attached hydrogens (primary N) is 1. The van der Waals surface area contributed by atoms with Crippen LogP contribution >= 0.6 is 23.1 Å². The Morgan fingerprint density at radius 3 is 2.71 bits per heavy atom. The minimum absolute atomic E-state index is 0.00467. The Hall–Kier alpha value is -2.01. The number of sulfonamides is 1. The Bertz CT molecular complexity index is 1170. The maximum atomic E-state index is 12.3. The van der Waals surface area contributed by atoms with Crippen LogP contribution in [-0.4, -0.2) is 30.0 Å². The summed E-state index contributed by atoms with van der Waals surface area (Å²) < 4.78 is 22.6. The first-order chi connectivity index (χ1) is 13.3. The summed E-state index contributed by atoms with van der Waals surface area (Å²) >= 11 is 3.13. The molecule has 1 aliphatic rings. The van der Waals surface area contributed by atoms with Crippen LogP contribution in [0.15, 0.2) is 34.2 Å². The summed E-state index contributed by atoms with van der Waals surface area (Å²) in [4.78, 5) is 23.9. The molecule has 10 heteroatoms. The highest BCUT2D eigenvalue weighted by Crippen LogP contribution is 2.40. The summed E-state index contributed by atoms with van der Waals surface area (Å²) in [5.41, 5.74) is 1.85. The number of primary sulfonamides is 1. The van der Waals surface area contributed by atoms with Crippen molar-refractivity contribution in [3.8, 4) is 0 Å². The van der Waals surface area contributed by atoms with E-state index >= 15 is 0 Å². The molecule has 0 unspecified atom stereocenters. The fourth-order valence-corrected chi connectivity index (χ4v) is 6.02. The largest absolute Gasteiger partial charge is 0.325 e. The Morgan fingerprint density at radius 2 is 2.00 bits per heavy atom. The van der Waals surface area contributed by atoms with E-state index in [-0.39, 0.29) is 16.6 Å². The highest BCUT2D eigenvalue weighted by atomic mass is 32.2. The number of nitrogens with zero attached hydrogens (tertiary/aromatic N) is 2. The second kappa shape index (κ2) is 7.43. The van der Waals surface area contributed by atoms with E-state index in [0.717, 1.165) is 34.5 Å². The highest BCUT2D eigenvalue weighted by Gasteiger charge is 2.22. The fraction of sp³-hybridized carbons (Fsp3) is 0.278. The smallest absolute Gasteiger partial charge is 0.238 e. The molecule has 3 aromatic rings. The highest BCUT2D eigenvalue weighted by molar-refractivity contribution is 8.00. The van der Waals surface area contributed by atoms with Crippen LogP contribution in [0.1, 0.15) is 22.7 Å². The van der Waals surface area contributed by atoms with Crippen molar-refractivity contribution in [1.82, 2.24) is 9.97 Å². The van der Waals surface area contributed by atoms with Crippen LogP contribution in [-0.2, 0) is 27.7 Å². The zero-order valence-electron chi connectivity index (χ0n) is 15.1. The first-order valence-electron chi connectivity index (χ1n) is 8.65. The van der Waals surface area contributed by atoms with Crippen LogP contribution in [0.2, 0.25) is 0 Å². The topological polar surface area (TPSA) is 115 Å². The number of amides is 1. The van der Waals surface area contributed by atoms with Crippen molar-refractivity contribution in [3.63, 3.8) is 0 Å². The average Bonchev–Trinajstić information content (AvgIpc) is 3.20. The lowest BCUT2D eigenvalue weighted by atomic mass is 10.2. The van der Waals surface area contributed by atoms with Gasteiger partial charge in [-0.1, -0.05) is 11.8 Å². The summed E-state index contributed by atoms with van der Waals surface area (Å²) in [6.07, 6.45) is 3.29. The summed E-state index contributed by atoms with van der Waals surface area (Å²) in [5.74, 6) is 0.714. The van der Waals surface area contributed by atoms with Crippen molar-refractivity contribution in [2.75, 3.05) is 11.1 Å². The number of anilines is 1. The second-order valence-electron chi connectivity index (χ2n) is 6.52. The molecule has 2 heterocycles. The van der Waals surface area contributed by atoms with Crippen LogP contribution in [0.5, 0.6) is 0 Å². The monoisotopic (exact) mass is 434 g/mol. The molecule has 0 saturated heterocycles. The van der Waals surface area contributed by atoms with Gasteiger partial charge < -0.3 is 5.32 Å². The Labute approximate surface area is 170 Å². The molecule has 0 aliphatic heterocycles. The molecule has 146 valence electrons. The zero-order chi connectivity index (χ0) is 19.9. The number of fused-ring (bicyclic) bond motifs is 3. The van der Waals surface area contributed by atoms with Gasteiger partial charge in [0, 0.05) is 16.0 Å². The van der Waals surface area contributed by atoms with Crippen molar-refractivity contribution in [2.45, 2.75) is 36.1 Å². The maximum Gasteiger partial charge on any atom is 0.238 e. The normalized spacial score (nSPS) is 13.6. The number of benzene rings is 1. The summed E-state index contributed by atoms with van der Waals surface area (Å²) in [7, 11) is -3.75. The molecule has 1 aliphatic carbocycles. The number of thiophene rings is 1. The maximum absolute atomic E-state index is 12.3. The van der Waals surface area contributed by atoms with Crippen LogP contribution in [0.3, 0.4) is 0 Å². The van der Waals surface area contributed by atoms with Gasteiger partial charge in [-0.25, -0.2) is 23.5 Å². The number of nitrogens with one attached hydrogen (secondary N) is 1. The van der Waals surface area contributed by atoms with E-state index in [9.17, 15) is 13.2 Å². The van der Waals surface area contributed by atoms with E-state index in [0.29, 0.717) is 11.5 Å². The van der Waals surface area contributed by atoms with Crippen molar-refractivity contribution in [1.29, 1.82) is 0 Å². The molecule has 7 nitrogen and oxygen atoms in total. The molecule has 28 heavy (non-hydrogen) atoms. The number of aromatic nitrogens is 2. The lowest BCUT2D eigenvalue weighted by Gasteiger charge is -2.07. The molecule has 4 rings (SSSR count). The van der Waals surface area contributed by atoms with Crippen LogP contribution in [0.4, 0.5) is 5.69 Å². The van der Waals surface area contributed by atoms with Crippen LogP contribution in [0.25, 0.3) is 10.2 Å². The second-order valence-corrected chi connectivity index (χ2v) is 10.1. The quantitative estimate of drug-likeness (QED) is 0.471. The Kier molecular flexibility index (Phi) is 5.13. The number of carbonyl (C=O) groups excluding carboxylic acids is 1. The molecule has 0 fully saturated rings. The van der Waals surface area contributed by atoms with Gasteiger partial charge in [0.05, 0.1) is 10.6 Å². The van der Waals surface area contributed by atoms with Gasteiger partial charge in [-0.2, -0.15) is 0 Å². The van der Waals surface area contributed by atoms with Gasteiger partial charge in [0.2, 0.25) is 15.9 Å². The van der Waals surface area contributed by atoms with Gasteiger partial charge >= 0.3 is 0 Å². The number of rotatable bonds is 5. The molecule has 0 radical (unpaired) electrons.